The van der Waals surface area contributed by atoms with Crippen LogP contribution in [0.2, 0.25) is 0 Å². The second-order valence-corrected chi connectivity index (χ2v) is 4.52. The first-order valence-corrected chi connectivity index (χ1v) is 5.91. The molecule has 1 aromatic carbocycles. The number of hydrogen-bond donors (Lipinski definition) is 1. The molecule has 0 fully saturated rings. The fraction of sp³-hybridized carbons (Fsp3) is 0.462. The van der Waals surface area contributed by atoms with Crippen LogP contribution in [0.4, 0.5) is 0 Å². The third kappa shape index (κ3) is 1.73. The van der Waals surface area contributed by atoms with E-state index in [0.29, 0.717) is 19.1 Å². The third-order valence-electron chi connectivity index (χ3n) is 3.55. The predicted molar refractivity (Wildman–Crippen MR) is 62.3 cm³/mol. The van der Waals surface area contributed by atoms with Crippen LogP contribution >= 0.6 is 0 Å². The topological polar surface area (TPSA) is 47.6 Å². The van der Waals surface area contributed by atoms with Gasteiger partial charge in [-0.05, 0) is 42.0 Å². The molecule has 4 heteroatoms. The molecule has 4 nitrogen and oxygen atoms in total. The van der Waals surface area contributed by atoms with Gasteiger partial charge in [-0.2, -0.15) is 0 Å². The van der Waals surface area contributed by atoms with E-state index in [1.807, 2.05) is 6.07 Å². The van der Waals surface area contributed by atoms with Crippen molar-refractivity contribution in [2.45, 2.75) is 25.2 Å². The summed E-state index contributed by atoms with van der Waals surface area (Å²) < 4.78 is 10.7. The molecule has 1 atom stereocenters. The van der Waals surface area contributed by atoms with Crippen LogP contribution in [0.1, 0.15) is 29.9 Å². The molecule has 1 unspecified atom stereocenters. The fourth-order valence-electron chi connectivity index (χ4n) is 2.62. The van der Waals surface area contributed by atoms with Crippen LogP contribution < -0.4 is 14.8 Å². The average molecular weight is 233 g/mol. The lowest BCUT2D eigenvalue weighted by Crippen LogP contribution is -2.19. The lowest BCUT2D eigenvalue weighted by Gasteiger charge is -2.10. The Kier molecular flexibility index (Phi) is 2.42. The summed E-state index contributed by atoms with van der Waals surface area (Å²) in [7, 11) is 1.68. The highest BCUT2D eigenvalue weighted by molar-refractivity contribution is 5.77. The second-order valence-electron chi connectivity index (χ2n) is 4.52. The summed E-state index contributed by atoms with van der Waals surface area (Å²) in [6.07, 6.45) is 2.61. The van der Waals surface area contributed by atoms with Gasteiger partial charge in [0.05, 0.1) is 0 Å². The molecule has 90 valence electrons. The maximum absolute atomic E-state index is 11.4. The molecular weight excluding hydrogens is 218 g/mol. The molecule has 0 spiro atoms. The molecule has 0 saturated carbocycles. The number of amides is 1. The van der Waals surface area contributed by atoms with Crippen molar-refractivity contribution in [2.75, 3.05) is 13.8 Å². The van der Waals surface area contributed by atoms with Gasteiger partial charge < -0.3 is 14.8 Å². The van der Waals surface area contributed by atoms with Crippen molar-refractivity contribution < 1.29 is 14.3 Å². The summed E-state index contributed by atoms with van der Waals surface area (Å²) in [4.78, 5) is 11.4. The van der Waals surface area contributed by atoms with E-state index >= 15 is 0 Å². The molecule has 3 rings (SSSR count). The van der Waals surface area contributed by atoms with Gasteiger partial charge in [0, 0.05) is 13.5 Å². The SMILES string of the molecule is CNC(=O)CC1CCc2cc3c(cc21)OCO3. The molecule has 0 radical (unpaired) electrons. The summed E-state index contributed by atoms with van der Waals surface area (Å²) in [5, 5.41) is 2.68. The van der Waals surface area contributed by atoms with E-state index in [-0.39, 0.29) is 5.91 Å². The molecule has 1 heterocycles. The summed E-state index contributed by atoms with van der Waals surface area (Å²) >= 11 is 0. The van der Waals surface area contributed by atoms with Crippen molar-refractivity contribution in [1.29, 1.82) is 0 Å². The molecule has 0 saturated heterocycles. The van der Waals surface area contributed by atoms with Crippen LogP contribution in [-0.4, -0.2) is 19.7 Å². The van der Waals surface area contributed by atoms with Crippen LogP contribution in [0.3, 0.4) is 0 Å². The molecule has 1 aromatic rings. The molecular formula is C13H15NO3. The molecule has 1 N–H and O–H groups in total. The quantitative estimate of drug-likeness (QED) is 0.843. The van der Waals surface area contributed by atoms with Gasteiger partial charge in [0.25, 0.3) is 0 Å². The zero-order valence-corrected chi connectivity index (χ0v) is 9.79. The zero-order valence-electron chi connectivity index (χ0n) is 9.79. The maximum Gasteiger partial charge on any atom is 0.231 e. The van der Waals surface area contributed by atoms with Crippen LogP contribution in [0.15, 0.2) is 12.1 Å². The van der Waals surface area contributed by atoms with Crippen LogP contribution in [0, 0.1) is 0 Å². The lowest BCUT2D eigenvalue weighted by molar-refractivity contribution is -0.121. The standard InChI is InChI=1S/C13H15NO3/c1-14-13(15)5-9-3-2-8-4-11-12(6-10(8)9)17-7-16-11/h4,6,9H,2-3,5,7H2,1H3,(H,14,15). The fourth-order valence-corrected chi connectivity index (χ4v) is 2.62. The third-order valence-corrected chi connectivity index (χ3v) is 3.55. The van der Waals surface area contributed by atoms with Gasteiger partial charge in [-0.15, -0.1) is 0 Å². The first kappa shape index (κ1) is 10.4. The van der Waals surface area contributed by atoms with Gasteiger partial charge in [0.2, 0.25) is 12.7 Å². The Balaban J connectivity index is 1.89. The van der Waals surface area contributed by atoms with Crippen molar-refractivity contribution in [2.24, 2.45) is 0 Å². The highest BCUT2D eigenvalue weighted by Gasteiger charge is 2.28. The van der Waals surface area contributed by atoms with Crippen LogP contribution in [0.25, 0.3) is 0 Å². The second kappa shape index (κ2) is 3.95. The Labute approximate surface area is 99.9 Å². The minimum atomic E-state index is 0.0977. The zero-order chi connectivity index (χ0) is 11.8. The van der Waals surface area contributed by atoms with E-state index in [2.05, 4.69) is 11.4 Å². The van der Waals surface area contributed by atoms with Gasteiger partial charge in [0.1, 0.15) is 0 Å². The van der Waals surface area contributed by atoms with Gasteiger partial charge in [-0.25, -0.2) is 0 Å². The molecule has 1 amide bonds. The summed E-state index contributed by atoms with van der Waals surface area (Å²) in [5.74, 6) is 2.07. The molecule has 1 aliphatic carbocycles. The summed E-state index contributed by atoms with van der Waals surface area (Å²) in [6, 6.07) is 4.10. The molecule has 0 bridgehead atoms. The van der Waals surface area contributed by atoms with Crippen molar-refractivity contribution >= 4 is 5.91 Å². The van der Waals surface area contributed by atoms with Gasteiger partial charge in [0.15, 0.2) is 11.5 Å². The maximum atomic E-state index is 11.4. The summed E-state index contributed by atoms with van der Waals surface area (Å²) in [6.45, 7) is 0.304. The molecule has 1 aliphatic heterocycles. The number of rotatable bonds is 2. The Bertz CT molecular complexity index is 470. The Hall–Kier alpha value is -1.71. The van der Waals surface area contributed by atoms with Crippen molar-refractivity contribution in [3.8, 4) is 11.5 Å². The number of nitrogens with one attached hydrogen (secondary N) is 1. The minimum absolute atomic E-state index is 0.0977. The molecule has 2 aliphatic rings. The molecule has 17 heavy (non-hydrogen) atoms. The van der Waals surface area contributed by atoms with E-state index in [1.165, 1.54) is 11.1 Å². The van der Waals surface area contributed by atoms with Crippen molar-refractivity contribution in [1.82, 2.24) is 5.32 Å². The smallest absolute Gasteiger partial charge is 0.231 e. The number of aryl methyl sites for hydroxylation is 1. The van der Waals surface area contributed by atoms with E-state index in [4.69, 9.17) is 9.47 Å². The Morgan fingerprint density at radius 3 is 2.94 bits per heavy atom. The van der Waals surface area contributed by atoms with E-state index in [0.717, 1.165) is 24.3 Å². The number of ether oxygens (including phenoxy) is 2. The van der Waals surface area contributed by atoms with Crippen molar-refractivity contribution in [3.63, 3.8) is 0 Å². The highest BCUT2D eigenvalue weighted by atomic mass is 16.7. The Morgan fingerprint density at radius 1 is 1.41 bits per heavy atom. The number of fused-ring (bicyclic) bond motifs is 2. The number of benzene rings is 1. The predicted octanol–water partition coefficient (Wildman–Crippen LogP) is 1.58. The van der Waals surface area contributed by atoms with E-state index in [1.54, 1.807) is 7.05 Å². The van der Waals surface area contributed by atoms with Gasteiger partial charge in [-0.3, -0.25) is 4.79 Å². The van der Waals surface area contributed by atoms with E-state index < -0.39 is 0 Å². The van der Waals surface area contributed by atoms with E-state index in [9.17, 15) is 4.79 Å². The number of carbonyl (C=O) groups is 1. The van der Waals surface area contributed by atoms with Crippen LogP contribution in [-0.2, 0) is 11.2 Å². The lowest BCUT2D eigenvalue weighted by atomic mass is 9.97. The van der Waals surface area contributed by atoms with Gasteiger partial charge >= 0.3 is 0 Å². The number of carbonyl (C=O) groups excluding carboxylic acids is 1. The first-order valence-electron chi connectivity index (χ1n) is 5.91. The first-order chi connectivity index (χ1) is 8.28. The normalized spacial score (nSPS) is 20.2. The monoisotopic (exact) mass is 233 g/mol. The van der Waals surface area contributed by atoms with Crippen LogP contribution in [0.5, 0.6) is 11.5 Å². The number of hydrogen-bond acceptors (Lipinski definition) is 3. The highest BCUT2D eigenvalue weighted by Crippen LogP contribution is 2.43. The molecule has 0 aromatic heterocycles. The summed E-state index contributed by atoms with van der Waals surface area (Å²) in [5.41, 5.74) is 2.54. The average Bonchev–Trinajstić information content (AvgIpc) is 2.93. The van der Waals surface area contributed by atoms with Gasteiger partial charge in [-0.1, -0.05) is 0 Å². The Morgan fingerprint density at radius 2 is 2.18 bits per heavy atom. The largest absolute Gasteiger partial charge is 0.454 e. The van der Waals surface area contributed by atoms with Crippen molar-refractivity contribution in [3.05, 3.63) is 23.3 Å². The minimum Gasteiger partial charge on any atom is -0.454 e.